The SMILES string of the molecule is CCOC(=O)Cc1csc(NN=Cc2cc(O)ccc2[N+](=O)[O-])n1. The Labute approximate surface area is 140 Å². The number of carbonyl (C=O) groups is 1. The Morgan fingerprint density at radius 2 is 2.38 bits per heavy atom. The van der Waals surface area contributed by atoms with Gasteiger partial charge in [-0.2, -0.15) is 5.10 Å². The number of phenolic OH excluding ortho intramolecular Hbond substituents is 1. The minimum absolute atomic E-state index is 0.0633. The average molecular weight is 350 g/mol. The number of esters is 1. The van der Waals surface area contributed by atoms with Gasteiger partial charge in [0.1, 0.15) is 5.75 Å². The molecule has 0 amide bonds. The summed E-state index contributed by atoms with van der Waals surface area (Å²) in [5.74, 6) is -0.471. The summed E-state index contributed by atoms with van der Waals surface area (Å²) >= 11 is 1.23. The van der Waals surface area contributed by atoms with Crippen LogP contribution in [0.5, 0.6) is 5.75 Å². The average Bonchev–Trinajstić information content (AvgIpc) is 2.94. The smallest absolute Gasteiger partial charge is 0.311 e. The maximum Gasteiger partial charge on any atom is 0.311 e. The van der Waals surface area contributed by atoms with Crippen LogP contribution in [-0.2, 0) is 16.0 Å². The monoisotopic (exact) mass is 350 g/mol. The van der Waals surface area contributed by atoms with E-state index < -0.39 is 4.92 Å². The van der Waals surface area contributed by atoms with E-state index >= 15 is 0 Å². The normalized spacial score (nSPS) is 10.7. The fourth-order valence-corrected chi connectivity index (χ4v) is 2.43. The van der Waals surface area contributed by atoms with E-state index in [0.717, 1.165) is 0 Å². The van der Waals surface area contributed by atoms with Crippen molar-refractivity contribution < 1.29 is 19.6 Å². The maximum atomic E-state index is 11.4. The van der Waals surface area contributed by atoms with Crippen LogP contribution in [0.3, 0.4) is 0 Å². The van der Waals surface area contributed by atoms with E-state index in [1.54, 1.807) is 12.3 Å². The summed E-state index contributed by atoms with van der Waals surface area (Å²) in [6.07, 6.45) is 1.28. The fraction of sp³-hybridized carbons (Fsp3) is 0.214. The second-order valence-electron chi connectivity index (χ2n) is 4.50. The molecule has 0 fully saturated rings. The molecule has 0 aliphatic carbocycles. The van der Waals surface area contributed by atoms with Crippen molar-refractivity contribution in [3.63, 3.8) is 0 Å². The van der Waals surface area contributed by atoms with Crippen molar-refractivity contribution in [3.05, 3.63) is 45.0 Å². The van der Waals surface area contributed by atoms with Crippen LogP contribution in [0.15, 0.2) is 28.7 Å². The van der Waals surface area contributed by atoms with Crippen LogP contribution in [0, 0.1) is 10.1 Å². The Kier molecular flexibility index (Phi) is 5.79. The molecule has 1 aromatic carbocycles. The number of aromatic nitrogens is 1. The molecule has 9 nitrogen and oxygen atoms in total. The molecule has 0 atom stereocenters. The molecule has 0 bridgehead atoms. The molecule has 24 heavy (non-hydrogen) atoms. The lowest BCUT2D eigenvalue weighted by Gasteiger charge is -1.99. The highest BCUT2D eigenvalue weighted by molar-refractivity contribution is 7.13. The second-order valence-corrected chi connectivity index (χ2v) is 5.35. The summed E-state index contributed by atoms with van der Waals surface area (Å²) in [4.78, 5) is 25.9. The first-order chi connectivity index (χ1) is 11.5. The van der Waals surface area contributed by atoms with Crippen LogP contribution in [0.4, 0.5) is 10.8 Å². The van der Waals surface area contributed by atoms with Gasteiger partial charge in [-0.05, 0) is 19.1 Å². The van der Waals surface area contributed by atoms with Gasteiger partial charge in [-0.3, -0.25) is 20.3 Å². The molecule has 0 radical (unpaired) electrons. The minimum atomic E-state index is -0.568. The van der Waals surface area contributed by atoms with Gasteiger partial charge in [0.25, 0.3) is 5.69 Å². The Balaban J connectivity index is 2.02. The highest BCUT2D eigenvalue weighted by atomic mass is 32.1. The number of ether oxygens (including phenoxy) is 1. The lowest BCUT2D eigenvalue weighted by Crippen LogP contribution is -2.07. The number of hydrogen-bond acceptors (Lipinski definition) is 9. The van der Waals surface area contributed by atoms with Crippen molar-refractivity contribution >= 4 is 34.3 Å². The number of anilines is 1. The van der Waals surface area contributed by atoms with E-state index in [-0.39, 0.29) is 29.4 Å². The molecule has 0 aliphatic rings. The molecule has 2 aromatic rings. The third-order valence-electron chi connectivity index (χ3n) is 2.75. The van der Waals surface area contributed by atoms with Gasteiger partial charge in [0, 0.05) is 11.4 Å². The summed E-state index contributed by atoms with van der Waals surface area (Å²) in [5, 5.41) is 26.3. The number of nitrogens with zero attached hydrogens (tertiary/aromatic N) is 3. The summed E-state index contributed by atoms with van der Waals surface area (Å²) in [5.41, 5.74) is 3.13. The van der Waals surface area contributed by atoms with Gasteiger partial charge in [-0.1, -0.05) is 0 Å². The first-order valence-corrected chi connectivity index (χ1v) is 7.74. The number of phenols is 1. The van der Waals surface area contributed by atoms with Crippen LogP contribution in [0.2, 0.25) is 0 Å². The van der Waals surface area contributed by atoms with Crippen molar-refractivity contribution in [2.24, 2.45) is 5.10 Å². The number of carbonyl (C=O) groups excluding carboxylic acids is 1. The predicted octanol–water partition coefficient (Wildman–Crippen LogP) is 2.31. The number of rotatable bonds is 7. The van der Waals surface area contributed by atoms with E-state index in [0.29, 0.717) is 17.4 Å². The quantitative estimate of drug-likeness (QED) is 0.339. The number of nitro groups is 1. The zero-order valence-electron chi connectivity index (χ0n) is 12.6. The standard InChI is InChI=1S/C14H14N4O5S/c1-2-23-13(20)6-10-8-24-14(16-10)17-15-7-9-5-11(19)3-4-12(9)18(21)22/h3-5,7-8,19H,2,6H2,1H3,(H,16,17). The third kappa shape index (κ3) is 4.74. The molecule has 126 valence electrons. The van der Waals surface area contributed by atoms with E-state index in [1.165, 1.54) is 35.8 Å². The van der Waals surface area contributed by atoms with Gasteiger partial charge >= 0.3 is 5.97 Å². The molecule has 2 rings (SSSR count). The van der Waals surface area contributed by atoms with Crippen LogP contribution >= 0.6 is 11.3 Å². The topological polar surface area (TPSA) is 127 Å². The minimum Gasteiger partial charge on any atom is -0.508 e. The van der Waals surface area contributed by atoms with Crippen molar-refractivity contribution in [1.29, 1.82) is 0 Å². The third-order valence-corrected chi connectivity index (χ3v) is 3.55. The first kappa shape index (κ1) is 17.3. The molecule has 1 heterocycles. The van der Waals surface area contributed by atoms with Gasteiger partial charge in [0.15, 0.2) is 0 Å². The van der Waals surface area contributed by atoms with E-state index in [1.807, 2.05) is 0 Å². The summed E-state index contributed by atoms with van der Waals surface area (Å²) in [6.45, 7) is 2.03. The van der Waals surface area contributed by atoms with Gasteiger partial charge in [0.05, 0.1) is 35.4 Å². The van der Waals surface area contributed by atoms with Crippen LogP contribution < -0.4 is 5.43 Å². The van der Waals surface area contributed by atoms with Crippen molar-refractivity contribution in [3.8, 4) is 5.75 Å². The molecule has 1 aromatic heterocycles. The van der Waals surface area contributed by atoms with Gasteiger partial charge in [-0.25, -0.2) is 4.98 Å². The highest BCUT2D eigenvalue weighted by Gasteiger charge is 2.12. The second kappa shape index (κ2) is 8.02. The molecular weight excluding hydrogens is 336 g/mol. The number of hydrazone groups is 1. The summed E-state index contributed by atoms with van der Waals surface area (Å²) in [6, 6.07) is 3.65. The van der Waals surface area contributed by atoms with Gasteiger partial charge < -0.3 is 9.84 Å². The Bertz CT molecular complexity index is 774. The number of hydrogen-bond donors (Lipinski definition) is 2. The van der Waals surface area contributed by atoms with E-state index in [9.17, 15) is 20.0 Å². The molecule has 0 unspecified atom stereocenters. The summed E-state index contributed by atoms with van der Waals surface area (Å²) < 4.78 is 4.83. The van der Waals surface area contributed by atoms with Crippen molar-refractivity contribution in [1.82, 2.24) is 4.98 Å². The lowest BCUT2D eigenvalue weighted by atomic mass is 10.2. The van der Waals surface area contributed by atoms with E-state index in [2.05, 4.69) is 15.5 Å². The maximum absolute atomic E-state index is 11.4. The molecule has 0 spiro atoms. The van der Waals surface area contributed by atoms with Crippen molar-refractivity contribution in [2.45, 2.75) is 13.3 Å². The van der Waals surface area contributed by atoms with Gasteiger partial charge in [-0.15, -0.1) is 11.3 Å². The molecule has 0 aliphatic heterocycles. The number of aromatic hydroxyl groups is 1. The van der Waals surface area contributed by atoms with Crippen LogP contribution in [0.25, 0.3) is 0 Å². The Morgan fingerprint density at radius 3 is 3.08 bits per heavy atom. The number of benzene rings is 1. The number of nitro benzene ring substituents is 1. The largest absolute Gasteiger partial charge is 0.508 e. The lowest BCUT2D eigenvalue weighted by molar-refractivity contribution is -0.385. The fourth-order valence-electron chi connectivity index (χ4n) is 1.77. The molecule has 2 N–H and O–H groups in total. The highest BCUT2D eigenvalue weighted by Crippen LogP contribution is 2.22. The zero-order valence-corrected chi connectivity index (χ0v) is 13.4. The zero-order chi connectivity index (χ0) is 17.5. The van der Waals surface area contributed by atoms with Gasteiger partial charge in [0.2, 0.25) is 5.13 Å². The van der Waals surface area contributed by atoms with Crippen molar-refractivity contribution in [2.75, 3.05) is 12.0 Å². The molecule has 0 saturated heterocycles. The Hall–Kier alpha value is -3.01. The predicted molar refractivity (Wildman–Crippen MR) is 88.4 cm³/mol. The number of nitrogens with one attached hydrogen (secondary N) is 1. The molecule has 0 saturated carbocycles. The molecule has 10 heteroatoms. The summed E-state index contributed by atoms with van der Waals surface area (Å²) in [7, 11) is 0. The first-order valence-electron chi connectivity index (χ1n) is 6.86. The Morgan fingerprint density at radius 1 is 1.58 bits per heavy atom. The van der Waals surface area contributed by atoms with E-state index in [4.69, 9.17) is 4.74 Å². The molecular formula is C14H14N4O5S. The number of thiazole rings is 1. The van der Waals surface area contributed by atoms with Crippen LogP contribution in [0.1, 0.15) is 18.2 Å². The van der Waals surface area contributed by atoms with Crippen LogP contribution in [-0.4, -0.2) is 33.8 Å².